The van der Waals surface area contributed by atoms with Crippen molar-refractivity contribution >= 4 is 35.0 Å². The van der Waals surface area contributed by atoms with E-state index in [0.29, 0.717) is 5.92 Å². The van der Waals surface area contributed by atoms with Crippen LogP contribution in [0.25, 0.3) is 0 Å². The summed E-state index contributed by atoms with van der Waals surface area (Å²) in [7, 11) is 1.75. The van der Waals surface area contributed by atoms with Crippen LogP contribution in [0.3, 0.4) is 0 Å². The molecule has 1 N–H and O–H groups in total. The summed E-state index contributed by atoms with van der Waals surface area (Å²) in [6.45, 7) is 0. The monoisotopic (exact) mass is 360 g/mol. The van der Waals surface area contributed by atoms with Gasteiger partial charge in [0.25, 0.3) is 11.8 Å². The van der Waals surface area contributed by atoms with Crippen LogP contribution < -0.4 is 5.43 Å². The molecule has 3 atom stereocenters. The van der Waals surface area contributed by atoms with Crippen LogP contribution in [-0.4, -0.2) is 36.1 Å². The number of nitrogens with zero attached hydrogens (tertiary/aromatic N) is 1. The summed E-state index contributed by atoms with van der Waals surface area (Å²) in [5, 5.41) is 0.511. The van der Waals surface area contributed by atoms with Crippen LogP contribution in [0.1, 0.15) is 44.9 Å². The zero-order chi connectivity index (χ0) is 16.6. The minimum Gasteiger partial charge on any atom is -0.381 e. The van der Waals surface area contributed by atoms with Gasteiger partial charge in [-0.05, 0) is 31.1 Å². The SMILES string of the molecule is COC1CC(NN2C(=O)C(Cl)=C(Cl)C2=O)CCC1C1CCCC1. The number of imide groups is 1. The van der Waals surface area contributed by atoms with Crippen molar-refractivity contribution < 1.29 is 14.3 Å². The Morgan fingerprint density at radius 1 is 1.04 bits per heavy atom. The third-order valence-corrected chi connectivity index (χ3v) is 6.24. The molecule has 0 aromatic carbocycles. The van der Waals surface area contributed by atoms with Crippen LogP contribution in [-0.2, 0) is 14.3 Å². The molecule has 0 aromatic rings. The fraction of sp³-hybridized carbons (Fsp3) is 0.750. The number of rotatable bonds is 4. The zero-order valence-corrected chi connectivity index (χ0v) is 14.7. The van der Waals surface area contributed by atoms with Crippen LogP contribution in [0.4, 0.5) is 0 Å². The molecule has 128 valence electrons. The number of halogens is 2. The molecule has 0 saturated heterocycles. The van der Waals surface area contributed by atoms with Crippen molar-refractivity contribution in [2.45, 2.75) is 57.1 Å². The average Bonchev–Trinajstić information content (AvgIpc) is 3.16. The molecule has 2 aliphatic carbocycles. The van der Waals surface area contributed by atoms with Gasteiger partial charge in [-0.1, -0.05) is 48.9 Å². The highest BCUT2D eigenvalue weighted by atomic mass is 35.5. The van der Waals surface area contributed by atoms with Gasteiger partial charge in [-0.15, -0.1) is 0 Å². The molecular formula is C16H22Cl2N2O3. The second-order valence-electron chi connectivity index (χ2n) is 6.70. The maximum Gasteiger partial charge on any atom is 0.288 e. The number of carbonyl (C=O) groups excluding carboxylic acids is 2. The minimum absolute atomic E-state index is 0.0116. The normalized spacial score (nSPS) is 33.2. The molecule has 2 amide bonds. The summed E-state index contributed by atoms with van der Waals surface area (Å²) in [4.78, 5) is 23.9. The standard InChI is InChI=1S/C16H22Cl2N2O3/c1-23-12-8-10(6-7-11(12)9-4-2-3-5-9)19-20-15(21)13(17)14(18)16(20)22/h9-12,19H,2-8H2,1H3. The minimum atomic E-state index is -0.575. The summed E-state index contributed by atoms with van der Waals surface area (Å²) in [5.74, 6) is 0.180. The number of hydrogen-bond acceptors (Lipinski definition) is 4. The molecule has 2 fully saturated rings. The second kappa shape index (κ2) is 7.09. The fourth-order valence-corrected chi connectivity index (χ4v) is 4.57. The maximum absolute atomic E-state index is 12.0. The highest BCUT2D eigenvalue weighted by Gasteiger charge is 2.41. The van der Waals surface area contributed by atoms with E-state index in [1.54, 1.807) is 7.11 Å². The van der Waals surface area contributed by atoms with Crippen molar-refractivity contribution in [2.24, 2.45) is 11.8 Å². The lowest BCUT2D eigenvalue weighted by molar-refractivity contribution is -0.142. The number of hydrazine groups is 1. The lowest BCUT2D eigenvalue weighted by Gasteiger charge is -2.39. The Morgan fingerprint density at radius 3 is 2.22 bits per heavy atom. The van der Waals surface area contributed by atoms with E-state index in [0.717, 1.165) is 30.2 Å². The molecule has 0 bridgehead atoms. The van der Waals surface area contributed by atoms with Gasteiger partial charge in [-0.3, -0.25) is 9.59 Å². The number of hydrogen-bond donors (Lipinski definition) is 1. The van der Waals surface area contributed by atoms with Gasteiger partial charge in [0.05, 0.1) is 6.10 Å². The first kappa shape index (κ1) is 17.2. The number of nitrogens with one attached hydrogen (secondary N) is 1. The first-order chi connectivity index (χ1) is 11.0. The van der Waals surface area contributed by atoms with Gasteiger partial charge < -0.3 is 4.74 Å². The molecule has 1 aliphatic heterocycles. The van der Waals surface area contributed by atoms with Gasteiger partial charge >= 0.3 is 0 Å². The summed E-state index contributed by atoms with van der Waals surface area (Å²) < 4.78 is 5.72. The quantitative estimate of drug-likeness (QED) is 0.783. The fourth-order valence-electron chi connectivity index (χ4n) is 4.24. The summed E-state index contributed by atoms with van der Waals surface area (Å²) in [6.07, 6.45) is 8.12. The number of amides is 2. The Labute approximate surface area is 146 Å². The van der Waals surface area contributed by atoms with Gasteiger partial charge in [-0.25, -0.2) is 10.4 Å². The molecule has 1 heterocycles. The molecule has 3 rings (SSSR count). The average molecular weight is 361 g/mol. The molecule has 2 saturated carbocycles. The molecular weight excluding hydrogens is 339 g/mol. The van der Waals surface area contributed by atoms with Crippen LogP contribution in [0.2, 0.25) is 0 Å². The van der Waals surface area contributed by atoms with Gasteiger partial charge in [0, 0.05) is 13.2 Å². The predicted molar refractivity (Wildman–Crippen MR) is 87.6 cm³/mol. The smallest absolute Gasteiger partial charge is 0.288 e. The van der Waals surface area contributed by atoms with Gasteiger partial charge in [0.2, 0.25) is 0 Å². The summed E-state index contributed by atoms with van der Waals surface area (Å²) >= 11 is 11.5. The van der Waals surface area contributed by atoms with E-state index in [1.807, 2.05) is 0 Å². The van der Waals surface area contributed by atoms with E-state index in [9.17, 15) is 9.59 Å². The van der Waals surface area contributed by atoms with Gasteiger partial charge in [0.1, 0.15) is 10.1 Å². The Morgan fingerprint density at radius 2 is 1.65 bits per heavy atom. The number of carbonyl (C=O) groups is 2. The number of ether oxygens (including phenoxy) is 1. The predicted octanol–water partition coefficient (Wildman–Crippen LogP) is 2.92. The van der Waals surface area contributed by atoms with E-state index < -0.39 is 11.8 Å². The van der Waals surface area contributed by atoms with Crippen molar-refractivity contribution in [2.75, 3.05) is 7.11 Å². The van der Waals surface area contributed by atoms with Crippen LogP contribution in [0.5, 0.6) is 0 Å². The highest BCUT2D eigenvalue weighted by molar-refractivity contribution is 6.58. The molecule has 0 radical (unpaired) electrons. The van der Waals surface area contributed by atoms with Crippen LogP contribution >= 0.6 is 23.2 Å². The Kier molecular flexibility index (Phi) is 5.31. The van der Waals surface area contributed by atoms with Crippen molar-refractivity contribution in [3.05, 3.63) is 10.1 Å². The topological polar surface area (TPSA) is 58.6 Å². The molecule has 3 aliphatic rings. The molecule has 0 spiro atoms. The third kappa shape index (κ3) is 3.29. The van der Waals surface area contributed by atoms with Crippen molar-refractivity contribution in [1.29, 1.82) is 0 Å². The first-order valence-electron chi connectivity index (χ1n) is 8.26. The van der Waals surface area contributed by atoms with E-state index >= 15 is 0 Å². The van der Waals surface area contributed by atoms with Crippen molar-refractivity contribution in [1.82, 2.24) is 10.4 Å². The molecule has 7 heteroatoms. The Balaban J connectivity index is 1.61. The Bertz CT molecular complexity index is 507. The summed E-state index contributed by atoms with van der Waals surface area (Å²) in [6, 6.07) is 0.0116. The molecule has 5 nitrogen and oxygen atoms in total. The van der Waals surface area contributed by atoms with E-state index in [-0.39, 0.29) is 22.2 Å². The van der Waals surface area contributed by atoms with Crippen molar-refractivity contribution in [3.8, 4) is 0 Å². The highest BCUT2D eigenvalue weighted by Crippen LogP contribution is 2.40. The third-order valence-electron chi connectivity index (χ3n) is 5.44. The molecule has 3 unspecified atom stereocenters. The lowest BCUT2D eigenvalue weighted by Crippen LogP contribution is -2.52. The van der Waals surface area contributed by atoms with Gasteiger partial charge in [0.15, 0.2) is 0 Å². The summed E-state index contributed by atoms with van der Waals surface area (Å²) in [5.41, 5.74) is 3.00. The Hall–Kier alpha value is -0.620. The van der Waals surface area contributed by atoms with Crippen LogP contribution in [0, 0.1) is 11.8 Å². The van der Waals surface area contributed by atoms with Gasteiger partial charge in [-0.2, -0.15) is 0 Å². The van der Waals surface area contributed by atoms with E-state index in [4.69, 9.17) is 27.9 Å². The van der Waals surface area contributed by atoms with E-state index in [2.05, 4.69) is 5.43 Å². The van der Waals surface area contributed by atoms with Crippen LogP contribution in [0.15, 0.2) is 10.1 Å². The van der Waals surface area contributed by atoms with E-state index in [1.165, 1.54) is 25.7 Å². The first-order valence-corrected chi connectivity index (χ1v) is 9.01. The molecule has 0 aromatic heterocycles. The maximum atomic E-state index is 12.0. The van der Waals surface area contributed by atoms with Crippen molar-refractivity contribution in [3.63, 3.8) is 0 Å². The lowest BCUT2D eigenvalue weighted by atomic mass is 9.75. The second-order valence-corrected chi connectivity index (χ2v) is 7.45. The largest absolute Gasteiger partial charge is 0.381 e. The zero-order valence-electron chi connectivity index (χ0n) is 13.2. The molecule has 23 heavy (non-hydrogen) atoms. The number of methoxy groups -OCH3 is 1.